The number of aliphatic hydroxyl groups is 2. The molecule has 12 heteroatoms. The van der Waals surface area contributed by atoms with Gasteiger partial charge in [0.2, 0.25) is 5.91 Å². The number of nitrogens with one attached hydrogen (secondary N) is 1. The molecule has 0 radical (unpaired) electrons. The molecule has 1 aromatic carbocycles. The van der Waals surface area contributed by atoms with Gasteiger partial charge in [-0.25, -0.2) is 4.39 Å². The summed E-state index contributed by atoms with van der Waals surface area (Å²) in [5.41, 5.74) is 2.04. The van der Waals surface area contributed by atoms with E-state index in [9.17, 15) is 39.3 Å². The Morgan fingerprint density at radius 3 is 2.41 bits per heavy atom. The highest BCUT2D eigenvalue weighted by Crippen LogP contribution is 2.51. The maximum atomic E-state index is 15.7. The molecule has 1 amide bonds. The summed E-state index contributed by atoms with van der Waals surface area (Å²) in [4.78, 5) is 67.1. The van der Waals surface area contributed by atoms with Gasteiger partial charge >= 0.3 is 0 Å². The number of aliphatic hydroxyl groups excluding tert-OH is 1. The van der Waals surface area contributed by atoms with Crippen molar-refractivity contribution in [3.63, 3.8) is 0 Å². The fraction of sp³-hybridized carbons (Fsp3) is 0.593. The van der Waals surface area contributed by atoms with E-state index < -0.39 is 81.5 Å². The van der Waals surface area contributed by atoms with Crippen LogP contribution in [0.4, 0.5) is 4.39 Å². The average Bonchev–Trinajstić information content (AvgIpc) is 2.83. The highest BCUT2D eigenvalue weighted by atomic mass is 19.1. The summed E-state index contributed by atoms with van der Waals surface area (Å²) in [5.74, 6) is -12.7. The molecule has 4 rings (SSSR count). The van der Waals surface area contributed by atoms with Gasteiger partial charge in [0, 0.05) is 29.6 Å². The van der Waals surface area contributed by atoms with Crippen molar-refractivity contribution in [2.45, 2.75) is 50.9 Å². The van der Waals surface area contributed by atoms with Crippen molar-refractivity contribution >= 4 is 29.0 Å². The van der Waals surface area contributed by atoms with Gasteiger partial charge in [-0.2, -0.15) is 0 Å². The number of hydrogen-bond donors (Lipinski definition) is 5. The van der Waals surface area contributed by atoms with E-state index in [-0.39, 0.29) is 49.1 Å². The van der Waals surface area contributed by atoms with Gasteiger partial charge in [0.15, 0.2) is 34.7 Å². The zero-order valence-corrected chi connectivity index (χ0v) is 22.2. The van der Waals surface area contributed by atoms with Gasteiger partial charge in [-0.3, -0.25) is 28.9 Å². The number of aromatic hydroxyl groups is 1. The first-order valence-electron chi connectivity index (χ1n) is 12.9. The summed E-state index contributed by atoms with van der Waals surface area (Å²) in [6.45, 7) is 3.52. The Labute approximate surface area is 224 Å². The lowest BCUT2D eigenvalue weighted by atomic mass is 9.52. The number of nitrogens with zero attached hydrogens (tertiary/aromatic N) is 1. The summed E-state index contributed by atoms with van der Waals surface area (Å²) in [6.07, 6.45) is -0.320. The van der Waals surface area contributed by atoms with Gasteiger partial charge < -0.3 is 26.4 Å². The first-order valence-corrected chi connectivity index (χ1v) is 12.9. The van der Waals surface area contributed by atoms with Crippen LogP contribution in [0.25, 0.3) is 0 Å². The van der Waals surface area contributed by atoms with Gasteiger partial charge in [-0.05, 0) is 44.8 Å². The third kappa shape index (κ3) is 4.30. The van der Waals surface area contributed by atoms with E-state index in [0.717, 1.165) is 6.07 Å². The highest BCUT2D eigenvalue weighted by molar-refractivity contribution is 6.32. The smallest absolute Gasteiger partial charge is 0.235 e. The summed E-state index contributed by atoms with van der Waals surface area (Å²) in [7, 11) is 2.98. The number of phenolic OH excluding ortho intramolecular Hbond substituents is 1. The Morgan fingerprint density at radius 1 is 1.23 bits per heavy atom. The molecule has 2 saturated carbocycles. The second-order valence-corrected chi connectivity index (χ2v) is 11.4. The van der Waals surface area contributed by atoms with Crippen LogP contribution in [0, 0.1) is 35.4 Å². The Balaban J connectivity index is 1.77. The van der Waals surface area contributed by atoms with E-state index >= 15 is 4.39 Å². The first-order chi connectivity index (χ1) is 18.2. The number of likely N-dealkylation sites (N-methyl/N-ethyl adjacent to an activating group) is 1. The molecule has 6 N–H and O–H groups in total. The molecule has 0 saturated heterocycles. The topological polar surface area (TPSA) is 187 Å². The Bertz CT molecular complexity index is 1260. The molecule has 0 heterocycles. The van der Waals surface area contributed by atoms with E-state index in [2.05, 4.69) is 5.32 Å². The van der Waals surface area contributed by atoms with Crippen molar-refractivity contribution in [3.05, 3.63) is 28.6 Å². The number of amides is 1. The number of carbonyl (C=O) groups excluding carboxylic acids is 5. The Hall–Kier alpha value is -3.06. The number of primary amides is 1. The number of nitrogens with two attached hydrogens (primary N) is 1. The molecule has 2 fully saturated rings. The Morgan fingerprint density at radius 2 is 1.87 bits per heavy atom. The Kier molecular flexibility index (Phi) is 7.54. The number of carbonyl (C=O) groups is 5. The van der Waals surface area contributed by atoms with Crippen molar-refractivity contribution in [1.82, 2.24) is 10.2 Å². The standard InChI is InChI=1S/C27H34FN3O8/c1-10(2)15(9-32)30-8-12-7-16(33)18-13(20(12)28)5-11-6-14-21(31(3)4)23(35)19(26(29)38)25(37)27(14,39)24(36)17(11)22(18)34/h7,10-11,14-15,17,19,21,30,32-33,39H,5-6,8-9H2,1-4H3,(H2,29,38)/t11-,14-,15+,17?,19?,21-,27-/m0/s1. The second kappa shape index (κ2) is 10.2. The molecular weight excluding hydrogens is 513 g/mol. The normalized spacial score (nSPS) is 31.3. The third-order valence-corrected chi connectivity index (χ3v) is 8.63. The molecule has 39 heavy (non-hydrogen) atoms. The second-order valence-electron chi connectivity index (χ2n) is 11.4. The van der Waals surface area contributed by atoms with Crippen molar-refractivity contribution < 1.29 is 43.7 Å². The number of benzene rings is 1. The molecule has 0 spiro atoms. The molecular formula is C27H34FN3O8. The van der Waals surface area contributed by atoms with Crippen LogP contribution in [0.15, 0.2) is 6.07 Å². The molecule has 1 aromatic rings. The van der Waals surface area contributed by atoms with Crippen LogP contribution >= 0.6 is 0 Å². The van der Waals surface area contributed by atoms with Gasteiger partial charge in [-0.15, -0.1) is 0 Å². The van der Waals surface area contributed by atoms with E-state index in [1.165, 1.54) is 19.0 Å². The minimum atomic E-state index is -2.83. The number of rotatable bonds is 7. The average molecular weight is 548 g/mol. The van der Waals surface area contributed by atoms with Crippen LogP contribution in [-0.4, -0.2) is 87.6 Å². The zero-order valence-electron chi connectivity index (χ0n) is 22.2. The molecule has 0 bridgehead atoms. The summed E-state index contributed by atoms with van der Waals surface area (Å²) >= 11 is 0. The number of ketones is 4. The van der Waals surface area contributed by atoms with Crippen LogP contribution in [0.5, 0.6) is 5.75 Å². The molecule has 212 valence electrons. The highest BCUT2D eigenvalue weighted by Gasteiger charge is 2.69. The van der Waals surface area contributed by atoms with Crippen LogP contribution in [0.1, 0.15) is 41.8 Å². The summed E-state index contributed by atoms with van der Waals surface area (Å²) < 4.78 is 15.7. The monoisotopic (exact) mass is 547 g/mol. The number of Topliss-reactive ketones (excluding diaryl/α,β-unsaturated/α-hetero) is 4. The predicted octanol–water partition coefficient (Wildman–Crippen LogP) is -0.887. The molecule has 2 unspecified atom stereocenters. The molecule has 0 aliphatic heterocycles. The molecule has 3 aliphatic carbocycles. The third-order valence-electron chi connectivity index (χ3n) is 8.63. The van der Waals surface area contributed by atoms with E-state index in [1.807, 2.05) is 13.8 Å². The van der Waals surface area contributed by atoms with Gasteiger partial charge in [0.05, 0.1) is 24.1 Å². The van der Waals surface area contributed by atoms with Crippen molar-refractivity contribution in [1.29, 1.82) is 0 Å². The lowest BCUT2D eigenvalue weighted by molar-refractivity contribution is -0.181. The van der Waals surface area contributed by atoms with Gasteiger partial charge in [0.25, 0.3) is 0 Å². The maximum Gasteiger partial charge on any atom is 0.235 e. The summed E-state index contributed by atoms with van der Waals surface area (Å²) in [5, 5.41) is 34.9. The lowest BCUT2D eigenvalue weighted by Gasteiger charge is -2.52. The van der Waals surface area contributed by atoms with Crippen molar-refractivity contribution in [2.24, 2.45) is 35.3 Å². The van der Waals surface area contributed by atoms with Crippen LogP contribution in [0.2, 0.25) is 0 Å². The van der Waals surface area contributed by atoms with Crippen LogP contribution in [-0.2, 0) is 32.1 Å². The van der Waals surface area contributed by atoms with Crippen molar-refractivity contribution in [2.75, 3.05) is 20.7 Å². The molecule has 3 aliphatic rings. The maximum absolute atomic E-state index is 15.7. The minimum absolute atomic E-state index is 0.0401. The van der Waals surface area contributed by atoms with Crippen LogP contribution < -0.4 is 11.1 Å². The number of hydrogen-bond acceptors (Lipinski definition) is 10. The number of halogens is 1. The molecule has 11 nitrogen and oxygen atoms in total. The lowest BCUT2D eigenvalue weighted by Crippen LogP contribution is -2.74. The fourth-order valence-corrected chi connectivity index (χ4v) is 6.59. The van der Waals surface area contributed by atoms with Crippen LogP contribution in [0.3, 0.4) is 0 Å². The van der Waals surface area contributed by atoms with E-state index in [0.29, 0.717) is 0 Å². The predicted molar refractivity (Wildman–Crippen MR) is 134 cm³/mol. The molecule has 7 atom stereocenters. The van der Waals surface area contributed by atoms with Gasteiger partial charge in [0.1, 0.15) is 11.6 Å². The van der Waals surface area contributed by atoms with E-state index in [4.69, 9.17) is 5.73 Å². The van der Waals surface area contributed by atoms with E-state index in [1.54, 1.807) is 0 Å². The largest absolute Gasteiger partial charge is 0.507 e. The fourth-order valence-electron chi connectivity index (χ4n) is 6.59. The van der Waals surface area contributed by atoms with Crippen molar-refractivity contribution in [3.8, 4) is 5.75 Å². The van der Waals surface area contributed by atoms with Gasteiger partial charge in [-0.1, -0.05) is 13.8 Å². The minimum Gasteiger partial charge on any atom is -0.507 e. The summed E-state index contributed by atoms with van der Waals surface area (Å²) in [6, 6.07) is -0.489. The number of fused-ring (bicyclic) bond motifs is 3. The zero-order chi connectivity index (χ0) is 29.1. The quantitative estimate of drug-likeness (QED) is 0.268. The number of phenols is 1. The SMILES string of the molecule is CC(C)[C@@H](CO)NCc1cc(O)c2c(c1F)C[C@H]1C[C@H]3[C@H](N(C)C)C(=O)C(C(N)=O)C(=O)[C@@]3(O)C(=O)C1C2=O. The first kappa shape index (κ1) is 28.9. The molecule has 0 aromatic heterocycles.